The Morgan fingerprint density at radius 3 is 2.57 bits per heavy atom. The highest BCUT2D eigenvalue weighted by molar-refractivity contribution is 7.71. The van der Waals surface area contributed by atoms with Crippen LogP contribution in [0.1, 0.15) is 11.1 Å². The lowest BCUT2D eigenvalue weighted by atomic mass is 10.00. The standard InChI is InChI=1S/C17H12N2S2/c1-11-4-6-12(7-5-11)13-9-15(16-3-2-8-21-16)19-17(20)14(13)10-18/h2-9H,1H3,(H,19,20). The van der Waals surface area contributed by atoms with E-state index in [1.807, 2.05) is 54.8 Å². The van der Waals surface area contributed by atoms with Crippen molar-refractivity contribution < 1.29 is 0 Å². The predicted octanol–water partition coefficient (Wildman–Crippen LogP) is 5.32. The highest BCUT2D eigenvalue weighted by atomic mass is 32.1. The molecule has 0 saturated heterocycles. The van der Waals surface area contributed by atoms with E-state index in [4.69, 9.17) is 12.2 Å². The van der Waals surface area contributed by atoms with E-state index in [2.05, 4.69) is 11.1 Å². The number of rotatable bonds is 2. The summed E-state index contributed by atoms with van der Waals surface area (Å²) >= 11 is 7.00. The molecular weight excluding hydrogens is 296 g/mol. The molecule has 1 aromatic carbocycles. The first-order valence-electron chi connectivity index (χ1n) is 6.47. The summed E-state index contributed by atoms with van der Waals surface area (Å²) in [6.07, 6.45) is 0. The van der Waals surface area contributed by atoms with Crippen molar-refractivity contribution in [2.24, 2.45) is 0 Å². The number of hydrogen-bond acceptors (Lipinski definition) is 3. The van der Waals surface area contributed by atoms with Crippen molar-refractivity contribution in [2.45, 2.75) is 6.92 Å². The summed E-state index contributed by atoms with van der Waals surface area (Å²) in [7, 11) is 0. The molecule has 0 radical (unpaired) electrons. The van der Waals surface area contributed by atoms with Crippen molar-refractivity contribution in [3.8, 4) is 27.8 Å². The van der Waals surface area contributed by atoms with Crippen LogP contribution in [0.15, 0.2) is 47.8 Å². The number of hydrogen-bond donors (Lipinski definition) is 1. The molecule has 102 valence electrons. The van der Waals surface area contributed by atoms with E-state index in [1.54, 1.807) is 11.3 Å². The molecule has 0 unspecified atom stereocenters. The summed E-state index contributed by atoms with van der Waals surface area (Å²) in [5, 5.41) is 11.4. The van der Waals surface area contributed by atoms with Crippen LogP contribution in [-0.4, -0.2) is 4.98 Å². The Balaban J connectivity index is 2.25. The molecule has 3 aromatic rings. The third-order valence-corrected chi connectivity index (χ3v) is 4.50. The van der Waals surface area contributed by atoms with Gasteiger partial charge < -0.3 is 4.98 Å². The number of benzene rings is 1. The minimum atomic E-state index is 0.485. The minimum Gasteiger partial charge on any atom is -0.344 e. The summed E-state index contributed by atoms with van der Waals surface area (Å²) in [4.78, 5) is 4.26. The summed E-state index contributed by atoms with van der Waals surface area (Å²) in [5.41, 5.74) is 4.55. The number of aromatic amines is 1. The molecule has 0 fully saturated rings. The topological polar surface area (TPSA) is 39.6 Å². The molecule has 0 aliphatic heterocycles. The van der Waals surface area contributed by atoms with Gasteiger partial charge in [0.05, 0.1) is 16.1 Å². The Kier molecular flexibility index (Phi) is 3.70. The van der Waals surface area contributed by atoms with Crippen molar-refractivity contribution in [2.75, 3.05) is 0 Å². The molecule has 0 aliphatic carbocycles. The summed E-state index contributed by atoms with van der Waals surface area (Å²) in [6, 6.07) is 16.4. The first kappa shape index (κ1) is 13.7. The molecule has 0 amide bonds. The maximum atomic E-state index is 9.40. The van der Waals surface area contributed by atoms with Gasteiger partial charge in [-0.05, 0) is 30.0 Å². The van der Waals surface area contributed by atoms with Crippen LogP contribution in [0.3, 0.4) is 0 Å². The van der Waals surface area contributed by atoms with Crippen LogP contribution >= 0.6 is 23.6 Å². The molecule has 1 N–H and O–H groups in total. The zero-order valence-electron chi connectivity index (χ0n) is 11.4. The quantitative estimate of drug-likeness (QED) is 0.651. The van der Waals surface area contributed by atoms with Crippen molar-refractivity contribution in [1.82, 2.24) is 4.98 Å². The summed E-state index contributed by atoms with van der Waals surface area (Å²) in [6.45, 7) is 2.04. The van der Waals surface area contributed by atoms with Crippen LogP contribution < -0.4 is 0 Å². The SMILES string of the molecule is Cc1ccc(-c2cc(-c3cccs3)[nH]c(=S)c2C#N)cc1. The Hall–Kier alpha value is -2.22. The first-order valence-corrected chi connectivity index (χ1v) is 7.76. The fourth-order valence-electron chi connectivity index (χ4n) is 2.20. The Labute approximate surface area is 132 Å². The second-order valence-electron chi connectivity index (χ2n) is 4.76. The van der Waals surface area contributed by atoms with E-state index in [0.29, 0.717) is 10.2 Å². The number of aryl methyl sites for hydroxylation is 1. The van der Waals surface area contributed by atoms with Crippen LogP contribution in [0.4, 0.5) is 0 Å². The van der Waals surface area contributed by atoms with E-state index >= 15 is 0 Å². The van der Waals surface area contributed by atoms with Gasteiger partial charge in [-0.3, -0.25) is 0 Å². The van der Waals surface area contributed by atoms with E-state index in [9.17, 15) is 5.26 Å². The third-order valence-electron chi connectivity index (χ3n) is 3.29. The summed E-state index contributed by atoms with van der Waals surface area (Å²) < 4.78 is 0.485. The molecule has 2 nitrogen and oxygen atoms in total. The molecule has 2 aromatic heterocycles. The lowest BCUT2D eigenvalue weighted by molar-refractivity contribution is 1.28. The molecule has 0 atom stereocenters. The van der Waals surface area contributed by atoms with Crippen LogP contribution in [-0.2, 0) is 0 Å². The van der Waals surface area contributed by atoms with Crippen LogP contribution in [0, 0.1) is 22.9 Å². The molecular formula is C17H12N2S2. The van der Waals surface area contributed by atoms with Gasteiger partial charge >= 0.3 is 0 Å². The monoisotopic (exact) mass is 308 g/mol. The average molecular weight is 308 g/mol. The lowest BCUT2D eigenvalue weighted by Crippen LogP contribution is -1.92. The number of nitrogens with zero attached hydrogens (tertiary/aromatic N) is 1. The molecule has 0 bridgehead atoms. The van der Waals surface area contributed by atoms with Gasteiger partial charge in [-0.25, -0.2) is 0 Å². The van der Waals surface area contributed by atoms with Gasteiger partial charge in [-0.2, -0.15) is 5.26 Å². The Bertz CT molecular complexity index is 867. The number of nitriles is 1. The van der Waals surface area contributed by atoms with Crippen molar-refractivity contribution in [3.63, 3.8) is 0 Å². The summed E-state index contributed by atoms with van der Waals surface area (Å²) in [5.74, 6) is 0. The molecule has 4 heteroatoms. The normalized spacial score (nSPS) is 10.3. The average Bonchev–Trinajstić information content (AvgIpc) is 3.01. The number of pyridine rings is 1. The van der Waals surface area contributed by atoms with Gasteiger partial charge in [-0.1, -0.05) is 48.1 Å². The maximum Gasteiger partial charge on any atom is 0.122 e. The molecule has 21 heavy (non-hydrogen) atoms. The Morgan fingerprint density at radius 2 is 1.95 bits per heavy atom. The third kappa shape index (κ3) is 2.66. The second kappa shape index (κ2) is 5.65. The Morgan fingerprint density at radius 1 is 1.19 bits per heavy atom. The molecule has 0 spiro atoms. The van der Waals surface area contributed by atoms with Gasteiger partial charge in [0.15, 0.2) is 0 Å². The number of thiophene rings is 1. The fourth-order valence-corrected chi connectivity index (χ4v) is 3.16. The maximum absolute atomic E-state index is 9.40. The van der Waals surface area contributed by atoms with Gasteiger partial charge in [0.2, 0.25) is 0 Å². The number of nitrogens with one attached hydrogen (secondary N) is 1. The van der Waals surface area contributed by atoms with Gasteiger partial charge in [0, 0.05) is 5.56 Å². The number of H-pyrrole nitrogens is 1. The first-order chi connectivity index (χ1) is 10.2. The van der Waals surface area contributed by atoms with Crippen LogP contribution in [0.2, 0.25) is 0 Å². The van der Waals surface area contributed by atoms with Crippen LogP contribution in [0.25, 0.3) is 21.7 Å². The minimum absolute atomic E-state index is 0.485. The molecule has 0 saturated carbocycles. The molecule has 0 aliphatic rings. The van der Waals surface area contributed by atoms with Crippen molar-refractivity contribution in [3.05, 3.63) is 63.6 Å². The van der Waals surface area contributed by atoms with Crippen molar-refractivity contribution in [1.29, 1.82) is 5.26 Å². The fraction of sp³-hybridized carbons (Fsp3) is 0.0588. The predicted molar refractivity (Wildman–Crippen MR) is 89.8 cm³/mol. The van der Waals surface area contributed by atoms with Crippen molar-refractivity contribution >= 4 is 23.6 Å². The van der Waals surface area contributed by atoms with E-state index in [0.717, 1.165) is 21.7 Å². The van der Waals surface area contributed by atoms with Gasteiger partial charge in [0.1, 0.15) is 10.7 Å². The highest BCUT2D eigenvalue weighted by Crippen LogP contribution is 2.30. The smallest absolute Gasteiger partial charge is 0.122 e. The van der Waals surface area contributed by atoms with Gasteiger partial charge in [0.25, 0.3) is 0 Å². The zero-order chi connectivity index (χ0) is 14.8. The van der Waals surface area contributed by atoms with E-state index in [-0.39, 0.29) is 0 Å². The van der Waals surface area contributed by atoms with Gasteiger partial charge in [-0.15, -0.1) is 11.3 Å². The largest absolute Gasteiger partial charge is 0.344 e. The van der Waals surface area contributed by atoms with E-state index in [1.165, 1.54) is 5.56 Å². The second-order valence-corrected chi connectivity index (χ2v) is 6.11. The lowest BCUT2D eigenvalue weighted by Gasteiger charge is -2.08. The van der Waals surface area contributed by atoms with E-state index < -0.39 is 0 Å². The van der Waals surface area contributed by atoms with Crippen LogP contribution in [0.5, 0.6) is 0 Å². The molecule has 2 heterocycles. The zero-order valence-corrected chi connectivity index (χ0v) is 13.0. The molecule has 3 rings (SSSR count). The highest BCUT2D eigenvalue weighted by Gasteiger charge is 2.10. The number of aromatic nitrogens is 1.